The van der Waals surface area contributed by atoms with Crippen LogP contribution < -0.4 is 0 Å². The Bertz CT molecular complexity index is 1170. The molecule has 0 saturated heterocycles. The molecule has 0 amide bonds. The molecule has 1 unspecified atom stereocenters. The van der Waals surface area contributed by atoms with Gasteiger partial charge in [-0.1, -0.05) is 102 Å². The maximum absolute atomic E-state index is 14.0. The molecule has 1 heterocycles. The second-order valence-corrected chi connectivity index (χ2v) is 9.46. The van der Waals surface area contributed by atoms with Gasteiger partial charge in [0.15, 0.2) is 5.78 Å². The van der Waals surface area contributed by atoms with Crippen LogP contribution in [0.3, 0.4) is 0 Å². The lowest BCUT2D eigenvalue weighted by atomic mass is 9.64. The molecule has 1 atom stereocenters. The van der Waals surface area contributed by atoms with Gasteiger partial charge in [-0.25, -0.2) is 0 Å². The number of benzene rings is 3. The van der Waals surface area contributed by atoms with Crippen molar-refractivity contribution in [2.75, 3.05) is 0 Å². The second kappa shape index (κ2) is 8.51. The summed E-state index contributed by atoms with van der Waals surface area (Å²) in [5.41, 5.74) is 2.18. The number of hydrogen-bond donors (Lipinski definition) is 0. The Morgan fingerprint density at radius 1 is 0.844 bits per heavy atom. The highest BCUT2D eigenvalue weighted by molar-refractivity contribution is 9.10. The number of allylic oxidation sites excluding steroid dienone is 1. The zero-order valence-electron chi connectivity index (χ0n) is 17.6. The van der Waals surface area contributed by atoms with Crippen LogP contribution in [0.15, 0.2) is 95.0 Å². The number of hydrogen-bond acceptors (Lipinski definition) is 3. The third kappa shape index (κ3) is 3.53. The minimum Gasteiger partial charge on any atom is -0.425 e. The quantitative estimate of drug-likeness (QED) is 0.296. The van der Waals surface area contributed by atoms with Crippen LogP contribution in [-0.4, -0.2) is 11.8 Å². The van der Waals surface area contributed by atoms with E-state index in [2.05, 4.69) is 15.9 Å². The second-order valence-electron chi connectivity index (χ2n) is 8.54. The van der Waals surface area contributed by atoms with Gasteiger partial charge in [-0.05, 0) is 30.5 Å². The summed E-state index contributed by atoms with van der Waals surface area (Å²) < 4.78 is 7.01. The van der Waals surface area contributed by atoms with Crippen LogP contribution in [0.5, 0.6) is 0 Å². The van der Waals surface area contributed by atoms with Crippen LogP contribution >= 0.6 is 15.9 Å². The van der Waals surface area contributed by atoms with Crippen LogP contribution in [0.1, 0.15) is 53.1 Å². The summed E-state index contributed by atoms with van der Waals surface area (Å²) in [7, 11) is 0. The fourth-order valence-electron chi connectivity index (χ4n) is 5.20. The summed E-state index contributed by atoms with van der Waals surface area (Å²) in [5.74, 6) is -0.278. The number of carbonyl (C=O) groups is 2. The van der Waals surface area contributed by atoms with Crippen molar-refractivity contribution < 1.29 is 14.3 Å². The molecule has 1 saturated carbocycles. The highest BCUT2D eigenvalue weighted by atomic mass is 79.9. The Kier molecular flexibility index (Phi) is 5.56. The summed E-state index contributed by atoms with van der Waals surface area (Å²) >= 11 is 3.52. The first-order valence-corrected chi connectivity index (χ1v) is 11.8. The van der Waals surface area contributed by atoms with Crippen molar-refractivity contribution in [1.82, 2.24) is 0 Å². The monoisotopic (exact) mass is 486 g/mol. The topological polar surface area (TPSA) is 43.4 Å². The summed E-state index contributed by atoms with van der Waals surface area (Å²) in [4.78, 5) is 27.6. The van der Waals surface area contributed by atoms with Gasteiger partial charge in [0.1, 0.15) is 5.76 Å². The van der Waals surface area contributed by atoms with Crippen molar-refractivity contribution in [3.63, 3.8) is 0 Å². The largest absolute Gasteiger partial charge is 0.425 e. The molecule has 1 fully saturated rings. The highest BCUT2D eigenvalue weighted by Gasteiger charge is 2.56. The minimum atomic E-state index is -0.716. The molecule has 3 aromatic rings. The molecule has 0 aromatic heterocycles. The summed E-state index contributed by atoms with van der Waals surface area (Å²) in [6.45, 7) is 0. The van der Waals surface area contributed by atoms with Gasteiger partial charge in [0.25, 0.3) is 0 Å². The Balaban J connectivity index is 1.80. The van der Waals surface area contributed by atoms with Crippen molar-refractivity contribution in [3.8, 4) is 0 Å². The van der Waals surface area contributed by atoms with E-state index in [1.54, 1.807) is 0 Å². The van der Waals surface area contributed by atoms with Crippen molar-refractivity contribution in [3.05, 3.63) is 112 Å². The van der Waals surface area contributed by atoms with Gasteiger partial charge in [0.2, 0.25) is 0 Å². The zero-order valence-corrected chi connectivity index (χ0v) is 19.2. The molecule has 1 aliphatic heterocycles. The number of rotatable bonds is 4. The molecule has 5 rings (SSSR count). The Hall–Kier alpha value is -2.98. The lowest BCUT2D eigenvalue weighted by molar-refractivity contribution is -0.150. The third-order valence-corrected chi connectivity index (χ3v) is 7.23. The van der Waals surface area contributed by atoms with Crippen LogP contribution in [0.25, 0.3) is 5.76 Å². The normalized spacial score (nSPS) is 19.8. The molecule has 1 spiro atoms. The van der Waals surface area contributed by atoms with Crippen LogP contribution in [0, 0.1) is 5.41 Å². The van der Waals surface area contributed by atoms with Gasteiger partial charge in [-0.3, -0.25) is 9.59 Å². The fraction of sp³-hybridized carbons (Fsp3) is 0.214. The van der Waals surface area contributed by atoms with E-state index in [-0.39, 0.29) is 17.7 Å². The molecule has 3 aromatic carbocycles. The first-order chi connectivity index (χ1) is 15.6. The number of ether oxygens (including phenoxy) is 1. The summed E-state index contributed by atoms with van der Waals surface area (Å²) in [5, 5.41) is 0. The standard InChI is InChI=1S/C28H23BrO3/c29-22-15-13-19(14-16-22)24-23(25(30)20-9-3-1-4-10-20)26(21-11-5-2-6-12-21)32-27(31)28(24)17-7-8-18-28/h1-6,9-16,24H,7-8,17-18H2. The van der Waals surface area contributed by atoms with Crippen LogP contribution in [-0.2, 0) is 9.53 Å². The Labute approximate surface area is 196 Å². The minimum absolute atomic E-state index is 0.0869. The van der Waals surface area contributed by atoms with Crippen LogP contribution in [0.2, 0.25) is 0 Å². The molecule has 2 aliphatic rings. The fourth-order valence-corrected chi connectivity index (χ4v) is 5.46. The molecule has 1 aliphatic carbocycles. The van der Waals surface area contributed by atoms with E-state index in [9.17, 15) is 9.59 Å². The number of esters is 1. The van der Waals surface area contributed by atoms with Gasteiger partial charge in [-0.2, -0.15) is 0 Å². The van der Waals surface area contributed by atoms with Crippen molar-refractivity contribution >= 4 is 33.4 Å². The van der Waals surface area contributed by atoms with Gasteiger partial charge in [-0.15, -0.1) is 0 Å². The lowest BCUT2D eigenvalue weighted by Crippen LogP contribution is -2.42. The number of Topliss-reactive ketones (excluding diaryl/α,β-unsaturated/α-hetero) is 1. The Morgan fingerprint density at radius 2 is 1.44 bits per heavy atom. The molecule has 0 N–H and O–H groups in total. The van der Waals surface area contributed by atoms with Crippen molar-refractivity contribution in [1.29, 1.82) is 0 Å². The van der Waals surface area contributed by atoms with Crippen molar-refractivity contribution in [2.45, 2.75) is 31.6 Å². The van der Waals surface area contributed by atoms with E-state index >= 15 is 0 Å². The van der Waals surface area contributed by atoms with Gasteiger partial charge < -0.3 is 4.74 Å². The predicted molar refractivity (Wildman–Crippen MR) is 128 cm³/mol. The molecule has 0 bridgehead atoms. The average Bonchev–Trinajstić information content (AvgIpc) is 3.32. The van der Waals surface area contributed by atoms with Gasteiger partial charge in [0, 0.05) is 21.5 Å². The van der Waals surface area contributed by atoms with Gasteiger partial charge >= 0.3 is 5.97 Å². The number of carbonyl (C=O) groups excluding carboxylic acids is 2. The predicted octanol–water partition coefficient (Wildman–Crippen LogP) is 6.94. The maximum Gasteiger partial charge on any atom is 0.318 e. The van der Waals surface area contributed by atoms with Crippen LogP contribution in [0.4, 0.5) is 0 Å². The maximum atomic E-state index is 14.0. The van der Waals surface area contributed by atoms with E-state index in [0.29, 0.717) is 16.9 Å². The number of cyclic esters (lactones) is 1. The van der Waals surface area contributed by atoms with E-state index in [1.807, 2.05) is 84.9 Å². The number of halogens is 1. The molecule has 3 nitrogen and oxygen atoms in total. The zero-order chi connectivity index (χ0) is 22.1. The molecule has 4 heteroatoms. The Morgan fingerprint density at radius 3 is 2.06 bits per heavy atom. The third-order valence-electron chi connectivity index (χ3n) is 6.70. The lowest BCUT2D eigenvalue weighted by Gasteiger charge is -2.41. The van der Waals surface area contributed by atoms with E-state index in [0.717, 1.165) is 41.3 Å². The first-order valence-electron chi connectivity index (χ1n) is 11.0. The van der Waals surface area contributed by atoms with Crippen molar-refractivity contribution in [2.24, 2.45) is 5.41 Å². The first kappa shape index (κ1) is 20.9. The SMILES string of the molecule is O=C(C1=C(c2ccccc2)OC(=O)C2(CCCC2)C1c1ccc(Br)cc1)c1ccccc1. The highest BCUT2D eigenvalue weighted by Crippen LogP contribution is 2.57. The number of ketones is 1. The molecule has 0 radical (unpaired) electrons. The average molecular weight is 487 g/mol. The molecular formula is C28H23BrO3. The van der Waals surface area contributed by atoms with E-state index in [1.165, 1.54) is 0 Å². The molecular weight excluding hydrogens is 464 g/mol. The smallest absolute Gasteiger partial charge is 0.318 e. The molecule has 32 heavy (non-hydrogen) atoms. The summed E-state index contributed by atoms with van der Waals surface area (Å²) in [6, 6.07) is 26.8. The van der Waals surface area contributed by atoms with E-state index in [4.69, 9.17) is 4.74 Å². The summed E-state index contributed by atoms with van der Waals surface area (Å²) in [6.07, 6.45) is 3.35. The van der Waals surface area contributed by atoms with Gasteiger partial charge in [0.05, 0.1) is 11.0 Å². The van der Waals surface area contributed by atoms with E-state index < -0.39 is 5.41 Å². The molecule has 160 valence electrons.